The molecule has 1 unspecified atom stereocenters. The van der Waals surface area contributed by atoms with Crippen LogP contribution < -0.4 is 15.2 Å². The molecule has 1 aromatic rings. The molecule has 0 aliphatic carbocycles. The van der Waals surface area contributed by atoms with Gasteiger partial charge < -0.3 is 20.3 Å². The molecule has 0 fully saturated rings. The molecule has 90 valence electrons. The number of ether oxygens (including phenoxy) is 2. The minimum Gasteiger partial charge on any atom is -0.497 e. The number of methoxy groups -OCH3 is 1. The van der Waals surface area contributed by atoms with Crippen LogP contribution in [0.1, 0.15) is 13.3 Å². The smallest absolute Gasteiger partial charge is 0.122 e. The predicted octanol–water partition coefficient (Wildman–Crippen LogP) is 1.17. The Balaban J connectivity index is 2.42. The van der Waals surface area contributed by atoms with E-state index in [1.165, 1.54) is 0 Å². The van der Waals surface area contributed by atoms with E-state index in [1.807, 2.05) is 24.3 Å². The van der Waals surface area contributed by atoms with Gasteiger partial charge in [0.2, 0.25) is 0 Å². The van der Waals surface area contributed by atoms with Gasteiger partial charge in [0.15, 0.2) is 0 Å². The fourth-order valence-corrected chi connectivity index (χ4v) is 1.17. The second-order valence-electron chi connectivity index (χ2n) is 4.09. The maximum atomic E-state index is 8.97. The molecule has 0 saturated heterocycles. The molecule has 4 heteroatoms. The van der Waals surface area contributed by atoms with Crippen LogP contribution in [0.4, 0.5) is 0 Å². The van der Waals surface area contributed by atoms with Crippen LogP contribution in [0.15, 0.2) is 24.3 Å². The number of benzene rings is 1. The SMILES string of the molecule is COc1cccc(OCCC(C)(N)CO)c1. The number of hydrogen-bond acceptors (Lipinski definition) is 4. The second kappa shape index (κ2) is 5.72. The van der Waals surface area contributed by atoms with Gasteiger partial charge in [-0.1, -0.05) is 6.07 Å². The van der Waals surface area contributed by atoms with Gasteiger partial charge in [-0.15, -0.1) is 0 Å². The average molecular weight is 225 g/mol. The first kappa shape index (κ1) is 12.8. The van der Waals surface area contributed by atoms with Crippen molar-refractivity contribution in [1.82, 2.24) is 0 Å². The minimum atomic E-state index is -0.584. The lowest BCUT2D eigenvalue weighted by atomic mass is 10.0. The molecule has 0 aliphatic rings. The van der Waals surface area contributed by atoms with Gasteiger partial charge in [0.25, 0.3) is 0 Å². The number of rotatable bonds is 6. The maximum Gasteiger partial charge on any atom is 0.122 e. The van der Waals surface area contributed by atoms with E-state index in [1.54, 1.807) is 14.0 Å². The Morgan fingerprint density at radius 2 is 2.06 bits per heavy atom. The van der Waals surface area contributed by atoms with Crippen LogP contribution in [0.25, 0.3) is 0 Å². The minimum absolute atomic E-state index is 0.0472. The van der Waals surface area contributed by atoms with Gasteiger partial charge in [-0.05, 0) is 19.1 Å². The molecular weight excluding hydrogens is 206 g/mol. The Hall–Kier alpha value is -1.26. The molecule has 0 heterocycles. The van der Waals surface area contributed by atoms with Gasteiger partial charge in [0, 0.05) is 18.0 Å². The number of hydrogen-bond donors (Lipinski definition) is 2. The summed E-state index contributed by atoms with van der Waals surface area (Å²) in [4.78, 5) is 0. The van der Waals surface area contributed by atoms with Crippen molar-refractivity contribution in [2.24, 2.45) is 5.73 Å². The van der Waals surface area contributed by atoms with E-state index in [0.717, 1.165) is 11.5 Å². The van der Waals surface area contributed by atoms with E-state index in [4.69, 9.17) is 20.3 Å². The number of aliphatic hydroxyl groups is 1. The highest BCUT2D eigenvalue weighted by Crippen LogP contribution is 2.19. The second-order valence-corrected chi connectivity index (χ2v) is 4.09. The van der Waals surface area contributed by atoms with Crippen LogP contribution in [0, 0.1) is 0 Å². The number of aliphatic hydroxyl groups excluding tert-OH is 1. The van der Waals surface area contributed by atoms with Crippen LogP contribution in [0.3, 0.4) is 0 Å². The quantitative estimate of drug-likeness (QED) is 0.763. The van der Waals surface area contributed by atoms with E-state index >= 15 is 0 Å². The van der Waals surface area contributed by atoms with E-state index in [9.17, 15) is 0 Å². The lowest BCUT2D eigenvalue weighted by molar-refractivity contribution is 0.175. The van der Waals surface area contributed by atoms with Gasteiger partial charge in [-0.3, -0.25) is 0 Å². The summed E-state index contributed by atoms with van der Waals surface area (Å²) in [5, 5.41) is 8.97. The summed E-state index contributed by atoms with van der Waals surface area (Å²) in [6, 6.07) is 7.39. The van der Waals surface area contributed by atoms with Crippen molar-refractivity contribution in [2.45, 2.75) is 18.9 Å². The van der Waals surface area contributed by atoms with Gasteiger partial charge in [0.1, 0.15) is 11.5 Å². The highest BCUT2D eigenvalue weighted by atomic mass is 16.5. The van der Waals surface area contributed by atoms with Crippen molar-refractivity contribution in [1.29, 1.82) is 0 Å². The van der Waals surface area contributed by atoms with E-state index < -0.39 is 5.54 Å². The molecule has 0 spiro atoms. The first-order valence-corrected chi connectivity index (χ1v) is 5.24. The molecule has 1 atom stereocenters. The fraction of sp³-hybridized carbons (Fsp3) is 0.500. The van der Waals surface area contributed by atoms with Crippen LogP contribution in [-0.2, 0) is 0 Å². The van der Waals surface area contributed by atoms with Crippen molar-refractivity contribution in [2.75, 3.05) is 20.3 Å². The Kier molecular flexibility index (Phi) is 4.58. The lowest BCUT2D eigenvalue weighted by Crippen LogP contribution is -2.41. The summed E-state index contributed by atoms with van der Waals surface area (Å²) in [5.74, 6) is 1.50. The molecule has 0 aromatic heterocycles. The van der Waals surface area contributed by atoms with Gasteiger partial charge in [-0.25, -0.2) is 0 Å². The molecule has 0 aliphatic heterocycles. The Bertz CT molecular complexity index is 326. The Labute approximate surface area is 96.0 Å². The van der Waals surface area contributed by atoms with Crippen LogP contribution in [-0.4, -0.2) is 31.0 Å². The zero-order valence-electron chi connectivity index (χ0n) is 9.77. The zero-order valence-corrected chi connectivity index (χ0v) is 9.77. The van der Waals surface area contributed by atoms with Crippen LogP contribution >= 0.6 is 0 Å². The molecule has 0 saturated carbocycles. The molecule has 4 nitrogen and oxygen atoms in total. The molecule has 16 heavy (non-hydrogen) atoms. The molecule has 0 radical (unpaired) electrons. The lowest BCUT2D eigenvalue weighted by Gasteiger charge is -2.21. The fourth-order valence-electron chi connectivity index (χ4n) is 1.17. The third kappa shape index (κ3) is 4.08. The molecule has 3 N–H and O–H groups in total. The Morgan fingerprint density at radius 1 is 1.38 bits per heavy atom. The van der Waals surface area contributed by atoms with Gasteiger partial charge >= 0.3 is 0 Å². The summed E-state index contributed by atoms with van der Waals surface area (Å²) in [7, 11) is 1.61. The average Bonchev–Trinajstić information content (AvgIpc) is 2.29. The topological polar surface area (TPSA) is 64.7 Å². The van der Waals surface area contributed by atoms with Crippen LogP contribution in [0.5, 0.6) is 11.5 Å². The molecule has 0 bridgehead atoms. The maximum absolute atomic E-state index is 8.97. The summed E-state index contributed by atoms with van der Waals surface area (Å²) in [6.45, 7) is 2.22. The highest BCUT2D eigenvalue weighted by Gasteiger charge is 2.16. The first-order chi connectivity index (χ1) is 7.57. The van der Waals surface area contributed by atoms with Crippen molar-refractivity contribution < 1.29 is 14.6 Å². The Morgan fingerprint density at radius 3 is 2.69 bits per heavy atom. The summed E-state index contributed by atoms with van der Waals surface area (Å²) < 4.78 is 10.6. The van der Waals surface area contributed by atoms with Crippen LogP contribution in [0.2, 0.25) is 0 Å². The largest absolute Gasteiger partial charge is 0.497 e. The van der Waals surface area contributed by atoms with E-state index in [2.05, 4.69) is 0 Å². The summed E-state index contributed by atoms with van der Waals surface area (Å²) >= 11 is 0. The third-order valence-electron chi connectivity index (χ3n) is 2.34. The first-order valence-electron chi connectivity index (χ1n) is 5.24. The standard InChI is InChI=1S/C12H19NO3/c1-12(13,9-14)6-7-16-11-5-3-4-10(8-11)15-2/h3-5,8,14H,6-7,9,13H2,1-2H3. The molecule has 1 rings (SSSR count). The number of nitrogens with two attached hydrogens (primary N) is 1. The zero-order chi connectivity index (χ0) is 12.0. The monoisotopic (exact) mass is 225 g/mol. The van der Waals surface area contributed by atoms with Crippen molar-refractivity contribution in [3.63, 3.8) is 0 Å². The normalized spacial score (nSPS) is 14.2. The highest BCUT2D eigenvalue weighted by molar-refractivity contribution is 5.32. The summed E-state index contributed by atoms with van der Waals surface area (Å²) in [5.41, 5.74) is 5.20. The van der Waals surface area contributed by atoms with Crippen molar-refractivity contribution in [3.05, 3.63) is 24.3 Å². The van der Waals surface area contributed by atoms with Gasteiger partial charge in [-0.2, -0.15) is 0 Å². The molecule has 0 amide bonds. The van der Waals surface area contributed by atoms with Crippen molar-refractivity contribution >= 4 is 0 Å². The molecule has 1 aromatic carbocycles. The van der Waals surface area contributed by atoms with E-state index in [0.29, 0.717) is 13.0 Å². The van der Waals surface area contributed by atoms with Crippen molar-refractivity contribution in [3.8, 4) is 11.5 Å². The summed E-state index contributed by atoms with van der Waals surface area (Å²) in [6.07, 6.45) is 0.598. The van der Waals surface area contributed by atoms with Gasteiger partial charge in [0.05, 0.1) is 20.3 Å². The molecular formula is C12H19NO3. The predicted molar refractivity (Wildman–Crippen MR) is 62.8 cm³/mol. The van der Waals surface area contributed by atoms with E-state index in [-0.39, 0.29) is 6.61 Å². The third-order valence-corrected chi connectivity index (χ3v) is 2.34.